The molecule has 0 aliphatic heterocycles. The number of nitrogens with one attached hydrogen (secondary N) is 2. The van der Waals surface area contributed by atoms with Gasteiger partial charge in [-0.05, 0) is 37.0 Å². The zero-order valence-electron chi connectivity index (χ0n) is 16.7. The molecular weight excluding hydrogens is 386 g/mol. The van der Waals surface area contributed by atoms with E-state index >= 15 is 0 Å². The van der Waals surface area contributed by atoms with Crippen LogP contribution >= 0.6 is 0 Å². The first-order chi connectivity index (χ1) is 13.2. The molecule has 0 aliphatic carbocycles. The van der Waals surface area contributed by atoms with Gasteiger partial charge in [0, 0.05) is 19.5 Å². The third-order valence-electron chi connectivity index (χ3n) is 4.29. The zero-order chi connectivity index (χ0) is 21.3. The van der Waals surface area contributed by atoms with Crippen molar-refractivity contribution in [2.75, 3.05) is 18.9 Å². The van der Waals surface area contributed by atoms with Crippen LogP contribution in [-0.2, 0) is 21.5 Å². The number of urea groups is 1. The van der Waals surface area contributed by atoms with Crippen molar-refractivity contribution in [3.8, 4) is 5.75 Å². The number of benzene rings is 1. The number of aryl methyl sites for hydroxylation is 1. The number of methoxy groups -OCH3 is 1. The maximum atomic E-state index is 12.7. The van der Waals surface area contributed by atoms with E-state index in [0.29, 0.717) is 18.4 Å². The van der Waals surface area contributed by atoms with Crippen LogP contribution in [0.25, 0.3) is 0 Å². The number of hydrogen-bond acceptors (Lipinski definition) is 5. The number of anilines is 1. The molecule has 3 amide bonds. The fourth-order valence-corrected chi connectivity index (χ4v) is 3.39. The molecule has 0 saturated carbocycles. The largest absolute Gasteiger partial charge is 0.495 e. The van der Waals surface area contributed by atoms with Gasteiger partial charge in [-0.25, -0.2) is 4.79 Å². The van der Waals surface area contributed by atoms with Gasteiger partial charge in [-0.3, -0.25) is 19.0 Å². The minimum atomic E-state index is -4.46. The van der Waals surface area contributed by atoms with E-state index in [9.17, 15) is 18.0 Å². The van der Waals surface area contributed by atoms with Crippen molar-refractivity contribution in [2.24, 2.45) is 0 Å². The van der Waals surface area contributed by atoms with Gasteiger partial charge < -0.3 is 10.1 Å². The van der Waals surface area contributed by atoms with Gasteiger partial charge in [-0.15, -0.1) is 0 Å². The summed E-state index contributed by atoms with van der Waals surface area (Å²) in [6.07, 6.45) is 2.60. The molecule has 1 aromatic rings. The van der Waals surface area contributed by atoms with Crippen molar-refractivity contribution in [2.45, 2.75) is 52.0 Å². The SMILES string of the molecule is CCCC(CC)N(C(=O)CCc1ccc(OC)c(NS(=O)(=O)O)c1)C(=O)NC. The van der Waals surface area contributed by atoms with E-state index in [1.54, 1.807) is 6.07 Å². The number of amides is 3. The molecule has 3 N–H and O–H groups in total. The van der Waals surface area contributed by atoms with Gasteiger partial charge in [0.1, 0.15) is 5.75 Å². The van der Waals surface area contributed by atoms with Crippen molar-refractivity contribution >= 4 is 27.9 Å². The summed E-state index contributed by atoms with van der Waals surface area (Å²) in [6, 6.07) is 4.09. The number of imide groups is 1. The number of rotatable bonds is 10. The fraction of sp³-hybridized carbons (Fsp3) is 0.556. The van der Waals surface area contributed by atoms with Crippen molar-refractivity contribution in [3.05, 3.63) is 23.8 Å². The highest BCUT2D eigenvalue weighted by atomic mass is 32.2. The first-order valence-corrected chi connectivity index (χ1v) is 10.6. The predicted octanol–water partition coefficient (Wildman–Crippen LogP) is 2.59. The minimum Gasteiger partial charge on any atom is -0.495 e. The second-order valence-corrected chi connectivity index (χ2v) is 7.44. The molecule has 10 heteroatoms. The van der Waals surface area contributed by atoms with Crippen molar-refractivity contribution in [1.82, 2.24) is 10.2 Å². The van der Waals surface area contributed by atoms with Gasteiger partial charge in [0.2, 0.25) is 5.91 Å². The Morgan fingerprint density at radius 2 is 1.96 bits per heavy atom. The molecule has 28 heavy (non-hydrogen) atoms. The van der Waals surface area contributed by atoms with Crippen LogP contribution in [0.4, 0.5) is 10.5 Å². The quantitative estimate of drug-likeness (QED) is 0.505. The second-order valence-electron chi connectivity index (χ2n) is 6.28. The van der Waals surface area contributed by atoms with Gasteiger partial charge in [-0.2, -0.15) is 8.42 Å². The molecular formula is C18H29N3O6S. The second kappa shape index (κ2) is 10.9. The summed E-state index contributed by atoms with van der Waals surface area (Å²) in [5, 5.41) is 2.51. The maximum Gasteiger partial charge on any atom is 0.357 e. The lowest BCUT2D eigenvalue weighted by atomic mass is 10.0. The molecule has 1 unspecified atom stereocenters. The molecule has 1 aromatic carbocycles. The van der Waals surface area contributed by atoms with Gasteiger partial charge in [0.15, 0.2) is 0 Å². The Kier molecular flexibility index (Phi) is 9.20. The van der Waals surface area contributed by atoms with Crippen LogP contribution in [0.5, 0.6) is 5.75 Å². The molecule has 0 heterocycles. The van der Waals surface area contributed by atoms with Crippen molar-refractivity contribution in [3.63, 3.8) is 0 Å². The summed E-state index contributed by atoms with van der Waals surface area (Å²) in [5.74, 6) is -0.0755. The van der Waals surface area contributed by atoms with Crippen LogP contribution in [0.3, 0.4) is 0 Å². The predicted molar refractivity (Wildman–Crippen MR) is 107 cm³/mol. The van der Waals surface area contributed by atoms with E-state index in [4.69, 9.17) is 9.29 Å². The first-order valence-electron chi connectivity index (χ1n) is 9.12. The maximum absolute atomic E-state index is 12.7. The molecule has 1 rings (SSSR count). The smallest absolute Gasteiger partial charge is 0.357 e. The van der Waals surface area contributed by atoms with Gasteiger partial charge in [0.25, 0.3) is 0 Å². The van der Waals surface area contributed by atoms with Crippen molar-refractivity contribution < 1.29 is 27.3 Å². The summed E-state index contributed by atoms with van der Waals surface area (Å²) >= 11 is 0. The Labute approximate surface area is 166 Å². The summed E-state index contributed by atoms with van der Waals surface area (Å²) in [7, 11) is -1.61. The lowest BCUT2D eigenvalue weighted by Crippen LogP contribution is -2.48. The van der Waals surface area contributed by atoms with E-state index in [2.05, 4.69) is 5.32 Å². The van der Waals surface area contributed by atoms with Crippen LogP contribution in [0.1, 0.15) is 45.1 Å². The van der Waals surface area contributed by atoms with Crippen LogP contribution in [-0.4, -0.2) is 50.0 Å². The molecule has 0 aromatic heterocycles. The number of ether oxygens (including phenoxy) is 1. The first kappa shape index (κ1) is 23.7. The monoisotopic (exact) mass is 415 g/mol. The Hall–Kier alpha value is -2.33. The van der Waals surface area contributed by atoms with Crippen LogP contribution in [0, 0.1) is 0 Å². The molecule has 1 atom stereocenters. The molecule has 0 aliphatic rings. The highest BCUT2D eigenvalue weighted by Crippen LogP contribution is 2.27. The zero-order valence-corrected chi connectivity index (χ0v) is 17.5. The summed E-state index contributed by atoms with van der Waals surface area (Å²) in [6.45, 7) is 3.93. The van der Waals surface area contributed by atoms with Gasteiger partial charge in [0.05, 0.1) is 12.8 Å². The number of carbonyl (C=O) groups is 2. The van der Waals surface area contributed by atoms with Crippen LogP contribution in [0.2, 0.25) is 0 Å². The van der Waals surface area contributed by atoms with E-state index in [1.807, 2.05) is 18.6 Å². The summed E-state index contributed by atoms with van der Waals surface area (Å²) in [5.41, 5.74) is 0.719. The summed E-state index contributed by atoms with van der Waals surface area (Å²) < 4.78 is 38.2. The Bertz CT molecular complexity index is 782. The highest BCUT2D eigenvalue weighted by molar-refractivity contribution is 7.87. The Morgan fingerprint density at radius 3 is 2.46 bits per heavy atom. The van der Waals surface area contributed by atoms with Crippen LogP contribution in [0.15, 0.2) is 18.2 Å². The lowest BCUT2D eigenvalue weighted by Gasteiger charge is -2.29. The molecule has 0 saturated heterocycles. The Balaban J connectivity index is 2.97. The van der Waals surface area contributed by atoms with Crippen LogP contribution < -0.4 is 14.8 Å². The highest BCUT2D eigenvalue weighted by Gasteiger charge is 2.27. The fourth-order valence-electron chi connectivity index (χ4n) is 2.95. The molecule has 0 radical (unpaired) electrons. The van der Waals surface area contributed by atoms with E-state index in [1.165, 1.54) is 31.2 Å². The molecule has 0 bridgehead atoms. The van der Waals surface area contributed by atoms with Crippen molar-refractivity contribution in [1.29, 1.82) is 0 Å². The number of carbonyl (C=O) groups excluding carboxylic acids is 2. The lowest BCUT2D eigenvalue weighted by molar-refractivity contribution is -0.130. The van der Waals surface area contributed by atoms with E-state index in [0.717, 1.165) is 12.8 Å². The molecule has 158 valence electrons. The average molecular weight is 416 g/mol. The van der Waals surface area contributed by atoms with Gasteiger partial charge >= 0.3 is 16.3 Å². The van der Waals surface area contributed by atoms with E-state index in [-0.39, 0.29) is 29.8 Å². The van der Waals surface area contributed by atoms with Gasteiger partial charge in [-0.1, -0.05) is 26.3 Å². The third-order valence-corrected chi connectivity index (χ3v) is 4.77. The number of hydrogen-bond donors (Lipinski definition) is 3. The average Bonchev–Trinajstić information content (AvgIpc) is 2.64. The van der Waals surface area contributed by atoms with E-state index < -0.39 is 16.3 Å². The third kappa shape index (κ3) is 7.01. The minimum absolute atomic E-state index is 0.0653. The summed E-state index contributed by atoms with van der Waals surface area (Å²) in [4.78, 5) is 26.2. The Morgan fingerprint density at radius 1 is 1.29 bits per heavy atom. The standard InChI is InChI=1S/C18H29N3O6S/c1-5-7-14(6-2)21(18(23)19-3)17(22)11-9-13-8-10-16(27-4)15(12-13)20-28(24,25)26/h8,10,12,14,20H,5-7,9,11H2,1-4H3,(H,19,23)(H,24,25,26). The molecule has 9 nitrogen and oxygen atoms in total. The molecule has 0 spiro atoms. The normalized spacial score (nSPS) is 12.2. The molecule has 0 fully saturated rings. The topological polar surface area (TPSA) is 125 Å². The number of nitrogens with zero attached hydrogens (tertiary/aromatic N) is 1.